The number of allylic oxidation sites excluding steroid dienone is 8. The number of aliphatic hydroxyl groups excluding tert-OH is 2. The van der Waals surface area contributed by atoms with Gasteiger partial charge in [0.1, 0.15) is 6.10 Å². The fraction of sp³-hybridized carbons (Fsp3) is 0.825. The summed E-state index contributed by atoms with van der Waals surface area (Å²) in [4.78, 5) is 26.2. The van der Waals surface area contributed by atoms with E-state index in [2.05, 4.69) is 74.7 Å². The fourth-order valence-corrected chi connectivity index (χ4v) is 8.20. The van der Waals surface area contributed by atoms with Crippen molar-refractivity contribution in [3.63, 3.8) is 0 Å². The minimum atomic E-state index is -0.794. The van der Waals surface area contributed by atoms with E-state index in [0.29, 0.717) is 19.3 Å². The smallest absolute Gasteiger partial charge is 0.306 e. The van der Waals surface area contributed by atoms with E-state index in [9.17, 15) is 19.8 Å². The summed E-state index contributed by atoms with van der Waals surface area (Å²) in [6, 6.07) is -0.709. The first kappa shape index (κ1) is 60.8. The average molecular weight is 884 g/mol. The lowest BCUT2D eigenvalue weighted by Crippen LogP contribution is -2.46. The number of nitrogens with one attached hydrogen (secondary N) is 1. The third-order valence-corrected chi connectivity index (χ3v) is 12.4. The van der Waals surface area contributed by atoms with Gasteiger partial charge in [-0.3, -0.25) is 9.59 Å². The summed E-state index contributed by atoms with van der Waals surface area (Å²) < 4.78 is 5.94. The highest BCUT2D eigenvalue weighted by Gasteiger charge is 2.24. The maximum atomic E-state index is 13.2. The Labute approximate surface area is 391 Å². The molecule has 0 aliphatic carbocycles. The van der Waals surface area contributed by atoms with Gasteiger partial charge in [-0.15, -0.1) is 0 Å². The molecule has 368 valence electrons. The van der Waals surface area contributed by atoms with Crippen LogP contribution in [0.25, 0.3) is 0 Å². The highest BCUT2D eigenvalue weighted by Crippen LogP contribution is 2.18. The van der Waals surface area contributed by atoms with Gasteiger partial charge < -0.3 is 20.3 Å². The highest BCUT2D eigenvalue weighted by atomic mass is 16.5. The SMILES string of the molecule is CCCCC/C=C\C/C=C\C/C=C\CCCCCCC(CC(=O)NC(CO)C(O)CCCCCCCCCCCCCC)OC(=O)CCCCCCCCC/C=C\CCCCCC. The standard InChI is InChI=1S/C57H105NO5/c1-4-7-10-13-16-19-22-25-27-28-30-31-33-36-39-42-45-48-53(63-57(62)50-47-44-41-38-35-32-29-26-23-20-17-14-11-8-5-2)51-56(61)58-54(52-59)55(60)49-46-43-40-37-34-24-21-18-15-12-9-6-3/h16,19-20,23,25,27,30-31,53-55,59-60H,4-15,17-18,21-22,24,26,28-29,32-52H2,1-3H3,(H,58,61)/b19-16-,23-20-,27-25-,31-30-. The van der Waals surface area contributed by atoms with Gasteiger partial charge in [0.2, 0.25) is 5.91 Å². The Morgan fingerprint density at radius 3 is 1.29 bits per heavy atom. The number of carbonyl (C=O) groups is 2. The maximum Gasteiger partial charge on any atom is 0.306 e. The molecule has 0 aromatic heterocycles. The van der Waals surface area contributed by atoms with E-state index in [1.807, 2.05) is 0 Å². The Bertz CT molecular complexity index is 1080. The first-order chi connectivity index (χ1) is 31.0. The summed E-state index contributed by atoms with van der Waals surface area (Å²) in [6.07, 6.45) is 61.6. The second-order valence-electron chi connectivity index (χ2n) is 18.6. The molecule has 0 aliphatic rings. The van der Waals surface area contributed by atoms with Gasteiger partial charge in [0, 0.05) is 6.42 Å². The third-order valence-electron chi connectivity index (χ3n) is 12.4. The van der Waals surface area contributed by atoms with Crippen LogP contribution in [0.5, 0.6) is 0 Å². The van der Waals surface area contributed by atoms with Crippen LogP contribution in [0.4, 0.5) is 0 Å². The summed E-state index contributed by atoms with van der Waals surface area (Å²) in [6.45, 7) is 6.45. The van der Waals surface area contributed by atoms with Crippen molar-refractivity contribution in [1.82, 2.24) is 5.32 Å². The number of hydrogen-bond donors (Lipinski definition) is 3. The molecule has 0 saturated heterocycles. The van der Waals surface area contributed by atoms with Crippen molar-refractivity contribution in [2.75, 3.05) is 6.61 Å². The second kappa shape index (κ2) is 50.8. The molecular weight excluding hydrogens is 779 g/mol. The molecule has 3 N–H and O–H groups in total. The molecule has 6 heteroatoms. The molecule has 63 heavy (non-hydrogen) atoms. The highest BCUT2D eigenvalue weighted by molar-refractivity contribution is 5.77. The van der Waals surface area contributed by atoms with E-state index >= 15 is 0 Å². The molecule has 0 saturated carbocycles. The summed E-state index contributed by atoms with van der Waals surface area (Å²) >= 11 is 0. The summed E-state index contributed by atoms with van der Waals surface area (Å²) in [5.74, 6) is -0.493. The second-order valence-corrected chi connectivity index (χ2v) is 18.6. The number of hydrogen-bond acceptors (Lipinski definition) is 5. The lowest BCUT2D eigenvalue weighted by molar-refractivity contribution is -0.151. The molecule has 6 nitrogen and oxygen atoms in total. The van der Waals surface area contributed by atoms with Crippen LogP contribution in [0.15, 0.2) is 48.6 Å². The zero-order valence-corrected chi connectivity index (χ0v) is 42.0. The number of rotatable bonds is 49. The molecule has 0 spiro atoms. The number of ether oxygens (including phenoxy) is 1. The quantitative estimate of drug-likeness (QED) is 0.0321. The first-order valence-electron chi connectivity index (χ1n) is 27.4. The van der Waals surface area contributed by atoms with Gasteiger partial charge in [0.05, 0.1) is 25.2 Å². The van der Waals surface area contributed by atoms with Gasteiger partial charge in [-0.05, 0) is 89.9 Å². The van der Waals surface area contributed by atoms with E-state index in [4.69, 9.17) is 4.74 Å². The van der Waals surface area contributed by atoms with Crippen LogP contribution >= 0.6 is 0 Å². The summed E-state index contributed by atoms with van der Waals surface area (Å²) in [7, 11) is 0. The molecule has 0 aromatic rings. The maximum absolute atomic E-state index is 13.2. The van der Waals surface area contributed by atoms with Crippen LogP contribution in [0.1, 0.15) is 278 Å². The zero-order valence-electron chi connectivity index (χ0n) is 42.0. The Morgan fingerprint density at radius 1 is 0.460 bits per heavy atom. The fourth-order valence-electron chi connectivity index (χ4n) is 8.20. The Morgan fingerprint density at radius 2 is 0.810 bits per heavy atom. The van der Waals surface area contributed by atoms with Crippen molar-refractivity contribution < 1.29 is 24.5 Å². The predicted molar refractivity (Wildman–Crippen MR) is 273 cm³/mol. The van der Waals surface area contributed by atoms with E-state index < -0.39 is 18.2 Å². The van der Waals surface area contributed by atoms with Crippen LogP contribution in [-0.2, 0) is 14.3 Å². The molecule has 0 heterocycles. The van der Waals surface area contributed by atoms with Crippen molar-refractivity contribution in [1.29, 1.82) is 0 Å². The number of carbonyl (C=O) groups excluding carboxylic acids is 2. The molecular formula is C57H105NO5. The Balaban J connectivity index is 4.63. The van der Waals surface area contributed by atoms with E-state index in [1.165, 1.54) is 148 Å². The molecule has 3 atom stereocenters. The van der Waals surface area contributed by atoms with Gasteiger partial charge in [-0.2, -0.15) is 0 Å². The molecule has 3 unspecified atom stereocenters. The first-order valence-corrected chi connectivity index (χ1v) is 27.4. The van der Waals surface area contributed by atoms with Gasteiger partial charge in [-0.25, -0.2) is 0 Å². The average Bonchev–Trinajstić information content (AvgIpc) is 3.28. The van der Waals surface area contributed by atoms with E-state index in [-0.39, 0.29) is 24.9 Å². The molecule has 0 aromatic carbocycles. The number of aliphatic hydroxyl groups is 2. The lowest BCUT2D eigenvalue weighted by Gasteiger charge is -2.24. The van der Waals surface area contributed by atoms with Crippen molar-refractivity contribution in [3.8, 4) is 0 Å². The zero-order chi connectivity index (χ0) is 45.9. The Hall–Kier alpha value is -2.18. The lowest BCUT2D eigenvalue weighted by atomic mass is 10.0. The van der Waals surface area contributed by atoms with Crippen LogP contribution in [-0.4, -0.2) is 46.9 Å². The van der Waals surface area contributed by atoms with Crippen molar-refractivity contribution in [2.24, 2.45) is 0 Å². The monoisotopic (exact) mass is 884 g/mol. The molecule has 0 rings (SSSR count). The molecule has 0 aliphatic heterocycles. The van der Waals surface area contributed by atoms with E-state index in [0.717, 1.165) is 83.5 Å². The van der Waals surface area contributed by atoms with Crippen molar-refractivity contribution in [2.45, 2.75) is 296 Å². The minimum Gasteiger partial charge on any atom is -0.462 e. The van der Waals surface area contributed by atoms with Crippen LogP contribution in [0.2, 0.25) is 0 Å². The number of unbranched alkanes of at least 4 members (excludes halogenated alkanes) is 29. The van der Waals surface area contributed by atoms with Crippen LogP contribution in [0, 0.1) is 0 Å². The number of amides is 1. The molecule has 1 amide bonds. The topological polar surface area (TPSA) is 95.9 Å². The van der Waals surface area contributed by atoms with Crippen LogP contribution in [0.3, 0.4) is 0 Å². The van der Waals surface area contributed by atoms with E-state index in [1.54, 1.807) is 0 Å². The van der Waals surface area contributed by atoms with Gasteiger partial charge >= 0.3 is 5.97 Å². The normalized spacial score (nSPS) is 13.5. The van der Waals surface area contributed by atoms with Gasteiger partial charge in [-0.1, -0.05) is 223 Å². The van der Waals surface area contributed by atoms with Gasteiger partial charge in [0.25, 0.3) is 0 Å². The molecule has 0 radical (unpaired) electrons. The third kappa shape index (κ3) is 46.2. The predicted octanol–water partition coefficient (Wildman–Crippen LogP) is 16.6. The summed E-state index contributed by atoms with van der Waals surface area (Å²) in [5, 5.41) is 23.8. The van der Waals surface area contributed by atoms with Crippen molar-refractivity contribution in [3.05, 3.63) is 48.6 Å². The largest absolute Gasteiger partial charge is 0.462 e. The van der Waals surface area contributed by atoms with Crippen LogP contribution < -0.4 is 5.32 Å². The number of esters is 1. The Kier molecular flexibility index (Phi) is 49.1. The molecule has 0 fully saturated rings. The molecule has 0 bridgehead atoms. The van der Waals surface area contributed by atoms with Crippen molar-refractivity contribution >= 4 is 11.9 Å². The van der Waals surface area contributed by atoms with Gasteiger partial charge in [0.15, 0.2) is 0 Å². The summed E-state index contributed by atoms with van der Waals surface area (Å²) in [5.41, 5.74) is 0. The minimum absolute atomic E-state index is 0.0620.